The van der Waals surface area contributed by atoms with E-state index in [0.29, 0.717) is 25.8 Å². The third-order valence-corrected chi connectivity index (χ3v) is 3.98. The van der Waals surface area contributed by atoms with Crippen LogP contribution in [0.25, 0.3) is 11.1 Å². The number of ether oxygens (including phenoxy) is 1. The Morgan fingerprint density at radius 1 is 0.889 bits per heavy atom. The Morgan fingerprint density at radius 3 is 2.06 bits per heavy atom. The molecule has 0 aliphatic rings. The monoisotopic (exact) mass is 320 g/mol. The summed E-state index contributed by atoms with van der Waals surface area (Å²) in [5.74, 6) is 0.650. The van der Waals surface area contributed by atoms with Crippen LogP contribution >= 0.6 is 46.4 Å². The Labute approximate surface area is 125 Å². The van der Waals surface area contributed by atoms with E-state index in [1.54, 1.807) is 25.3 Å². The van der Waals surface area contributed by atoms with Gasteiger partial charge in [-0.2, -0.15) is 0 Å². The Bertz CT molecular complexity index is 573. The van der Waals surface area contributed by atoms with Crippen molar-refractivity contribution < 1.29 is 4.74 Å². The number of rotatable bonds is 2. The zero-order valence-electron chi connectivity index (χ0n) is 9.31. The maximum Gasteiger partial charge on any atom is 0.128 e. The summed E-state index contributed by atoms with van der Waals surface area (Å²) < 4.78 is 5.29. The minimum atomic E-state index is 0.327. The van der Waals surface area contributed by atoms with E-state index in [9.17, 15) is 0 Å². The van der Waals surface area contributed by atoms with Gasteiger partial charge in [0.1, 0.15) is 5.75 Å². The van der Waals surface area contributed by atoms with Gasteiger partial charge in [0.25, 0.3) is 0 Å². The van der Waals surface area contributed by atoms with Gasteiger partial charge in [0.05, 0.1) is 27.2 Å². The minimum Gasteiger partial charge on any atom is -0.496 e. The largest absolute Gasteiger partial charge is 0.496 e. The van der Waals surface area contributed by atoms with Crippen molar-refractivity contribution >= 4 is 46.4 Å². The zero-order chi connectivity index (χ0) is 13.3. The van der Waals surface area contributed by atoms with Crippen LogP contribution in [0.15, 0.2) is 30.3 Å². The van der Waals surface area contributed by atoms with Gasteiger partial charge in [0.15, 0.2) is 0 Å². The first-order chi connectivity index (χ1) is 8.54. The van der Waals surface area contributed by atoms with Crippen LogP contribution in [0.2, 0.25) is 20.1 Å². The van der Waals surface area contributed by atoms with Crippen LogP contribution in [0.3, 0.4) is 0 Å². The lowest BCUT2D eigenvalue weighted by molar-refractivity contribution is 0.416. The smallest absolute Gasteiger partial charge is 0.128 e. The highest BCUT2D eigenvalue weighted by molar-refractivity contribution is 6.48. The molecule has 0 aliphatic carbocycles. The van der Waals surface area contributed by atoms with Crippen LogP contribution in [-0.2, 0) is 0 Å². The molecule has 0 unspecified atom stereocenters. The molecule has 0 fully saturated rings. The summed E-state index contributed by atoms with van der Waals surface area (Å²) in [6, 6.07) is 8.82. The molecule has 5 heteroatoms. The Morgan fingerprint density at radius 2 is 1.50 bits per heavy atom. The number of hydrogen-bond acceptors (Lipinski definition) is 1. The van der Waals surface area contributed by atoms with Crippen molar-refractivity contribution in [3.63, 3.8) is 0 Å². The molecule has 0 bridgehead atoms. The van der Waals surface area contributed by atoms with Gasteiger partial charge in [-0.15, -0.1) is 0 Å². The van der Waals surface area contributed by atoms with Gasteiger partial charge < -0.3 is 4.74 Å². The molecule has 0 atom stereocenters. The normalized spacial score (nSPS) is 10.5. The molecule has 2 aromatic rings. The van der Waals surface area contributed by atoms with Crippen molar-refractivity contribution in [2.24, 2.45) is 0 Å². The second-order valence-corrected chi connectivity index (χ2v) is 5.17. The van der Waals surface area contributed by atoms with Gasteiger partial charge in [0, 0.05) is 5.56 Å². The van der Waals surface area contributed by atoms with Crippen LogP contribution in [0.4, 0.5) is 0 Å². The van der Waals surface area contributed by atoms with Crippen LogP contribution in [0.1, 0.15) is 0 Å². The van der Waals surface area contributed by atoms with E-state index in [1.165, 1.54) is 0 Å². The van der Waals surface area contributed by atoms with Crippen molar-refractivity contribution in [2.75, 3.05) is 7.11 Å². The van der Waals surface area contributed by atoms with Crippen LogP contribution in [0, 0.1) is 0 Å². The predicted molar refractivity (Wildman–Crippen MR) is 78.5 cm³/mol. The van der Waals surface area contributed by atoms with E-state index in [0.717, 1.165) is 11.1 Å². The first kappa shape index (κ1) is 13.8. The second kappa shape index (κ2) is 5.58. The van der Waals surface area contributed by atoms with E-state index in [2.05, 4.69) is 0 Å². The predicted octanol–water partition coefficient (Wildman–Crippen LogP) is 5.98. The van der Waals surface area contributed by atoms with Gasteiger partial charge in [-0.1, -0.05) is 52.5 Å². The SMILES string of the molecule is COc1cccc(Cl)c1-c1cc(Cl)c(Cl)c(Cl)c1. The van der Waals surface area contributed by atoms with E-state index in [4.69, 9.17) is 51.1 Å². The van der Waals surface area contributed by atoms with Crippen LogP contribution in [-0.4, -0.2) is 7.11 Å². The molecule has 2 aromatic carbocycles. The molecule has 2 rings (SSSR count). The van der Waals surface area contributed by atoms with Gasteiger partial charge in [0.2, 0.25) is 0 Å². The highest BCUT2D eigenvalue weighted by Crippen LogP contribution is 2.41. The van der Waals surface area contributed by atoms with E-state index in [1.807, 2.05) is 12.1 Å². The van der Waals surface area contributed by atoms with E-state index >= 15 is 0 Å². The minimum absolute atomic E-state index is 0.327. The average molecular weight is 322 g/mol. The van der Waals surface area contributed by atoms with Gasteiger partial charge in [-0.05, 0) is 29.8 Å². The topological polar surface area (TPSA) is 9.23 Å². The summed E-state index contributed by atoms with van der Waals surface area (Å²) in [5.41, 5.74) is 1.50. The summed E-state index contributed by atoms with van der Waals surface area (Å²) in [4.78, 5) is 0. The molecule has 0 spiro atoms. The number of benzene rings is 2. The number of methoxy groups -OCH3 is 1. The van der Waals surface area contributed by atoms with Crippen molar-refractivity contribution in [3.8, 4) is 16.9 Å². The summed E-state index contributed by atoms with van der Waals surface area (Å²) >= 11 is 24.1. The lowest BCUT2D eigenvalue weighted by Crippen LogP contribution is -1.89. The molecule has 0 aromatic heterocycles. The molecule has 0 amide bonds. The van der Waals surface area contributed by atoms with E-state index < -0.39 is 0 Å². The molecule has 1 nitrogen and oxygen atoms in total. The third kappa shape index (κ3) is 2.55. The van der Waals surface area contributed by atoms with Crippen molar-refractivity contribution in [1.82, 2.24) is 0 Å². The zero-order valence-corrected chi connectivity index (χ0v) is 12.3. The molecule has 0 radical (unpaired) electrons. The summed E-state index contributed by atoms with van der Waals surface area (Å²) in [6.45, 7) is 0. The summed E-state index contributed by atoms with van der Waals surface area (Å²) in [6.07, 6.45) is 0. The highest BCUT2D eigenvalue weighted by Gasteiger charge is 2.13. The lowest BCUT2D eigenvalue weighted by atomic mass is 10.0. The van der Waals surface area contributed by atoms with Gasteiger partial charge in [-0.3, -0.25) is 0 Å². The fourth-order valence-corrected chi connectivity index (χ4v) is 2.53. The maximum absolute atomic E-state index is 6.19. The number of hydrogen-bond donors (Lipinski definition) is 0. The van der Waals surface area contributed by atoms with Crippen molar-refractivity contribution in [1.29, 1.82) is 0 Å². The van der Waals surface area contributed by atoms with Gasteiger partial charge in [-0.25, -0.2) is 0 Å². The first-order valence-corrected chi connectivity index (χ1v) is 6.53. The fraction of sp³-hybridized carbons (Fsp3) is 0.0769. The Balaban J connectivity index is 2.69. The van der Waals surface area contributed by atoms with Crippen molar-refractivity contribution in [2.45, 2.75) is 0 Å². The summed E-state index contributed by atoms with van der Waals surface area (Å²) in [7, 11) is 1.58. The fourth-order valence-electron chi connectivity index (χ4n) is 1.65. The average Bonchev–Trinajstić information content (AvgIpc) is 2.35. The lowest BCUT2D eigenvalue weighted by Gasteiger charge is -2.12. The molecule has 18 heavy (non-hydrogen) atoms. The molecule has 0 heterocycles. The van der Waals surface area contributed by atoms with Crippen molar-refractivity contribution in [3.05, 3.63) is 50.4 Å². The van der Waals surface area contributed by atoms with Gasteiger partial charge >= 0.3 is 0 Å². The Hall–Kier alpha value is -0.600. The molecular formula is C13H8Cl4O. The van der Waals surface area contributed by atoms with Crippen LogP contribution < -0.4 is 4.74 Å². The first-order valence-electron chi connectivity index (χ1n) is 5.02. The standard InChI is InChI=1S/C13H8Cl4O/c1-18-11-4-2-3-8(14)12(11)7-5-9(15)13(17)10(16)6-7/h2-6H,1H3. The molecule has 0 aliphatic heterocycles. The Kier molecular flexibility index (Phi) is 4.29. The molecular weight excluding hydrogens is 314 g/mol. The van der Waals surface area contributed by atoms with E-state index in [-0.39, 0.29) is 0 Å². The molecule has 94 valence electrons. The molecule has 0 saturated carbocycles. The molecule has 0 saturated heterocycles. The highest BCUT2D eigenvalue weighted by atomic mass is 35.5. The number of halogens is 4. The third-order valence-electron chi connectivity index (χ3n) is 2.47. The summed E-state index contributed by atoms with van der Waals surface area (Å²) in [5, 5.41) is 1.64. The second-order valence-electron chi connectivity index (χ2n) is 3.57. The maximum atomic E-state index is 6.19. The molecule has 0 N–H and O–H groups in total. The quantitative estimate of drug-likeness (QED) is 0.618. The van der Waals surface area contributed by atoms with Crippen LogP contribution in [0.5, 0.6) is 5.75 Å².